The third-order valence-corrected chi connectivity index (χ3v) is 3.98. The molecule has 5 nitrogen and oxygen atoms in total. The molecule has 0 amide bonds. The molecule has 80 valence electrons. The van der Waals surface area contributed by atoms with Gasteiger partial charge in [-0.3, -0.25) is 4.18 Å². The van der Waals surface area contributed by atoms with Crippen LogP contribution < -0.4 is 0 Å². The number of nitrogens with zero attached hydrogens (tertiary/aromatic N) is 1. The molecule has 2 unspecified atom stereocenters. The zero-order valence-corrected chi connectivity index (χ0v) is 9.17. The van der Waals surface area contributed by atoms with Gasteiger partial charge in [0.25, 0.3) is 10.1 Å². The molecule has 0 aliphatic carbocycles. The standard InChI is InChI=1S/C8H13NO4S/c1-8(2,3)7-6-5(13-9-7)4-12-14(6,10)11/h5-6H,4H2,1-3H3. The van der Waals surface area contributed by atoms with Crippen LogP contribution in [0.2, 0.25) is 0 Å². The second-order valence-corrected chi connectivity index (χ2v) is 6.30. The third-order valence-electron chi connectivity index (χ3n) is 2.37. The van der Waals surface area contributed by atoms with Crippen LogP contribution in [0.4, 0.5) is 0 Å². The lowest BCUT2D eigenvalue weighted by molar-refractivity contribution is 0.0681. The topological polar surface area (TPSA) is 65.0 Å². The minimum Gasteiger partial charge on any atom is -0.388 e. The van der Waals surface area contributed by atoms with Gasteiger partial charge in [0, 0.05) is 5.41 Å². The van der Waals surface area contributed by atoms with Crippen LogP contribution in [-0.2, 0) is 19.1 Å². The lowest BCUT2D eigenvalue weighted by Crippen LogP contribution is -2.38. The lowest BCUT2D eigenvalue weighted by atomic mass is 9.87. The summed E-state index contributed by atoms with van der Waals surface area (Å²) in [6.45, 7) is 5.80. The van der Waals surface area contributed by atoms with Crippen molar-refractivity contribution in [2.24, 2.45) is 10.6 Å². The molecule has 1 saturated heterocycles. The van der Waals surface area contributed by atoms with E-state index in [0.717, 1.165) is 0 Å². The average molecular weight is 219 g/mol. The summed E-state index contributed by atoms with van der Waals surface area (Å²) in [4.78, 5) is 5.04. The van der Waals surface area contributed by atoms with Crippen LogP contribution >= 0.6 is 0 Å². The summed E-state index contributed by atoms with van der Waals surface area (Å²) in [5.41, 5.74) is 0.250. The molecule has 0 spiro atoms. The summed E-state index contributed by atoms with van der Waals surface area (Å²) < 4.78 is 27.7. The van der Waals surface area contributed by atoms with E-state index in [0.29, 0.717) is 5.71 Å². The Morgan fingerprint density at radius 1 is 1.43 bits per heavy atom. The van der Waals surface area contributed by atoms with E-state index in [2.05, 4.69) is 5.16 Å². The molecule has 0 N–H and O–H groups in total. The van der Waals surface area contributed by atoms with Crippen molar-refractivity contribution >= 4 is 15.8 Å². The molecule has 2 atom stereocenters. The van der Waals surface area contributed by atoms with Gasteiger partial charge >= 0.3 is 0 Å². The fraction of sp³-hybridized carbons (Fsp3) is 0.875. The quantitative estimate of drug-likeness (QED) is 0.557. The van der Waals surface area contributed by atoms with Crippen LogP contribution in [-0.4, -0.2) is 32.1 Å². The Labute approximate surface area is 83.2 Å². The minimum absolute atomic E-state index is 0.0794. The Morgan fingerprint density at radius 2 is 2.07 bits per heavy atom. The maximum atomic E-state index is 11.5. The molecule has 14 heavy (non-hydrogen) atoms. The Kier molecular flexibility index (Phi) is 1.91. The Balaban J connectivity index is 2.40. The van der Waals surface area contributed by atoms with E-state index in [-0.39, 0.29) is 12.0 Å². The van der Waals surface area contributed by atoms with E-state index in [9.17, 15) is 8.42 Å². The van der Waals surface area contributed by atoms with Gasteiger partial charge in [-0.05, 0) is 0 Å². The molecular formula is C8H13NO4S. The maximum Gasteiger partial charge on any atom is 0.279 e. The van der Waals surface area contributed by atoms with Crippen LogP contribution in [0.1, 0.15) is 20.8 Å². The molecule has 1 fully saturated rings. The van der Waals surface area contributed by atoms with Gasteiger partial charge in [-0.15, -0.1) is 0 Å². The molecule has 0 radical (unpaired) electrons. The SMILES string of the molecule is CC(C)(C)C1=NOC2COS(=O)(=O)C12. The van der Waals surface area contributed by atoms with E-state index in [1.807, 2.05) is 20.8 Å². The van der Waals surface area contributed by atoms with Gasteiger partial charge in [-0.2, -0.15) is 8.42 Å². The van der Waals surface area contributed by atoms with Gasteiger partial charge in [0.05, 0.1) is 5.71 Å². The highest BCUT2D eigenvalue weighted by Crippen LogP contribution is 2.34. The third kappa shape index (κ3) is 1.33. The molecule has 6 heteroatoms. The van der Waals surface area contributed by atoms with Crippen LogP contribution in [0.5, 0.6) is 0 Å². The van der Waals surface area contributed by atoms with Gasteiger partial charge in [0.1, 0.15) is 6.61 Å². The zero-order valence-electron chi connectivity index (χ0n) is 8.35. The highest BCUT2D eigenvalue weighted by Gasteiger charge is 2.53. The zero-order chi connectivity index (χ0) is 10.6. The summed E-state index contributed by atoms with van der Waals surface area (Å²) in [6.07, 6.45) is -0.450. The molecule has 0 saturated carbocycles. The molecule has 0 aromatic carbocycles. The molecule has 2 heterocycles. The molecular weight excluding hydrogens is 206 g/mol. The monoisotopic (exact) mass is 219 g/mol. The lowest BCUT2D eigenvalue weighted by Gasteiger charge is -2.20. The summed E-state index contributed by atoms with van der Waals surface area (Å²) in [6, 6.07) is 0. The van der Waals surface area contributed by atoms with Gasteiger partial charge < -0.3 is 4.84 Å². The second kappa shape index (κ2) is 2.70. The fourth-order valence-electron chi connectivity index (χ4n) is 1.65. The normalized spacial score (nSPS) is 34.9. The maximum absolute atomic E-state index is 11.5. The van der Waals surface area contributed by atoms with E-state index in [4.69, 9.17) is 9.02 Å². The van der Waals surface area contributed by atoms with Crippen molar-refractivity contribution in [2.75, 3.05) is 6.61 Å². The van der Waals surface area contributed by atoms with Crippen molar-refractivity contribution in [3.63, 3.8) is 0 Å². The molecule has 0 bridgehead atoms. The van der Waals surface area contributed by atoms with Crippen LogP contribution in [0.15, 0.2) is 5.16 Å². The molecule has 0 aromatic rings. The first kappa shape index (κ1) is 9.92. The number of oxime groups is 1. The molecule has 0 aromatic heterocycles. The van der Waals surface area contributed by atoms with Gasteiger partial charge in [0.15, 0.2) is 11.4 Å². The number of hydrogen-bond donors (Lipinski definition) is 0. The van der Waals surface area contributed by atoms with E-state index >= 15 is 0 Å². The highest BCUT2D eigenvalue weighted by atomic mass is 32.2. The van der Waals surface area contributed by atoms with Crippen molar-refractivity contribution in [2.45, 2.75) is 32.1 Å². The van der Waals surface area contributed by atoms with Crippen LogP contribution in [0.25, 0.3) is 0 Å². The van der Waals surface area contributed by atoms with Crippen molar-refractivity contribution < 1.29 is 17.4 Å². The van der Waals surface area contributed by atoms with E-state index in [1.165, 1.54) is 0 Å². The van der Waals surface area contributed by atoms with Crippen molar-refractivity contribution in [3.8, 4) is 0 Å². The summed E-state index contributed by atoms with van der Waals surface area (Å²) in [7, 11) is -3.51. The molecule has 2 aliphatic heterocycles. The van der Waals surface area contributed by atoms with Crippen LogP contribution in [0.3, 0.4) is 0 Å². The first-order chi connectivity index (χ1) is 6.32. The first-order valence-electron chi connectivity index (χ1n) is 4.45. The van der Waals surface area contributed by atoms with Gasteiger partial charge in [-0.1, -0.05) is 25.9 Å². The minimum atomic E-state index is -3.51. The first-order valence-corrected chi connectivity index (χ1v) is 5.92. The van der Waals surface area contributed by atoms with Gasteiger partial charge in [-0.25, -0.2) is 0 Å². The second-order valence-electron chi connectivity index (χ2n) is 4.57. The van der Waals surface area contributed by atoms with E-state index < -0.39 is 21.5 Å². The van der Waals surface area contributed by atoms with Gasteiger partial charge in [0.2, 0.25) is 0 Å². The van der Waals surface area contributed by atoms with Crippen molar-refractivity contribution in [1.82, 2.24) is 0 Å². The Bertz CT molecular complexity index is 379. The number of fused-ring (bicyclic) bond motifs is 1. The predicted molar refractivity (Wildman–Crippen MR) is 50.4 cm³/mol. The Hall–Kier alpha value is -0.620. The summed E-state index contributed by atoms with van der Waals surface area (Å²) in [5.74, 6) is 0. The smallest absolute Gasteiger partial charge is 0.279 e. The number of hydrogen-bond acceptors (Lipinski definition) is 5. The van der Waals surface area contributed by atoms with Crippen LogP contribution in [0, 0.1) is 5.41 Å². The van der Waals surface area contributed by atoms with E-state index in [1.54, 1.807) is 0 Å². The predicted octanol–water partition coefficient (Wildman–Crippen LogP) is 0.516. The summed E-state index contributed by atoms with van der Waals surface area (Å²) >= 11 is 0. The van der Waals surface area contributed by atoms with Crippen molar-refractivity contribution in [1.29, 1.82) is 0 Å². The Morgan fingerprint density at radius 3 is 2.64 bits per heavy atom. The highest BCUT2D eigenvalue weighted by molar-refractivity contribution is 7.88. The van der Waals surface area contributed by atoms with Crippen molar-refractivity contribution in [3.05, 3.63) is 0 Å². The molecule has 2 rings (SSSR count). The molecule has 2 aliphatic rings. The average Bonchev–Trinajstić information content (AvgIpc) is 2.51. The number of rotatable bonds is 0. The summed E-state index contributed by atoms with van der Waals surface area (Å²) in [5, 5.41) is 3.14. The fourth-order valence-corrected chi connectivity index (χ4v) is 3.29. The largest absolute Gasteiger partial charge is 0.388 e.